The first-order valence-electron chi connectivity index (χ1n) is 12.6. The molecule has 4 N–H and O–H groups in total. The van der Waals surface area contributed by atoms with E-state index in [1.54, 1.807) is 18.2 Å². The summed E-state index contributed by atoms with van der Waals surface area (Å²) in [6.45, 7) is 0.572. The maximum Gasteiger partial charge on any atom is 0.416 e. The molecule has 4 aromatic rings. The number of nitrogens with two attached hydrogens (primary N) is 1. The summed E-state index contributed by atoms with van der Waals surface area (Å²) in [6, 6.07) is 18.5. The van der Waals surface area contributed by atoms with Gasteiger partial charge in [-0.2, -0.15) is 13.2 Å². The van der Waals surface area contributed by atoms with Gasteiger partial charge in [-0.05, 0) is 60.2 Å². The highest BCUT2D eigenvalue weighted by Crippen LogP contribution is 2.38. The van der Waals surface area contributed by atoms with E-state index in [0.717, 1.165) is 34.3 Å². The van der Waals surface area contributed by atoms with E-state index in [-0.39, 0.29) is 25.1 Å². The highest BCUT2D eigenvalue weighted by Gasteiger charge is 2.30. The maximum atomic E-state index is 13.0. The van der Waals surface area contributed by atoms with Gasteiger partial charge in [0.2, 0.25) is 5.91 Å². The molecule has 218 valence electrons. The van der Waals surface area contributed by atoms with E-state index in [9.17, 15) is 22.8 Å². The number of halogens is 6. The lowest BCUT2D eigenvalue weighted by atomic mass is 9.96. The fraction of sp³-hybridized carbons (Fsp3) is 0.167. The quantitative estimate of drug-likeness (QED) is 0.152. The van der Waals surface area contributed by atoms with Crippen molar-refractivity contribution in [2.75, 3.05) is 6.54 Å². The minimum atomic E-state index is -4.51. The Kier molecular flexibility index (Phi) is 10.3. The minimum Gasteiger partial charge on any atom is -0.370 e. The molecule has 2 amide bonds. The number of primary amides is 1. The maximum absolute atomic E-state index is 13.0. The molecule has 0 aliphatic carbocycles. The van der Waals surface area contributed by atoms with Gasteiger partial charge in [-0.25, -0.2) is 0 Å². The Hall–Kier alpha value is -3.44. The second-order valence-electron chi connectivity index (χ2n) is 9.27. The summed E-state index contributed by atoms with van der Waals surface area (Å²) in [5, 5.41) is 6.77. The van der Waals surface area contributed by atoms with E-state index in [0.29, 0.717) is 44.7 Å². The lowest BCUT2D eigenvalue weighted by molar-refractivity contribution is -0.137. The van der Waals surface area contributed by atoms with Crippen molar-refractivity contribution in [2.45, 2.75) is 25.7 Å². The van der Waals surface area contributed by atoms with Gasteiger partial charge in [-0.1, -0.05) is 57.3 Å². The molecule has 0 bridgehead atoms. The third-order valence-electron chi connectivity index (χ3n) is 6.28. The van der Waals surface area contributed by atoms with Crippen molar-refractivity contribution in [3.63, 3.8) is 0 Å². The summed E-state index contributed by atoms with van der Waals surface area (Å²) in [4.78, 5) is 29.0. The predicted molar refractivity (Wildman–Crippen MR) is 161 cm³/mol. The van der Waals surface area contributed by atoms with Gasteiger partial charge in [0.05, 0.1) is 17.0 Å². The van der Waals surface area contributed by atoms with Gasteiger partial charge in [0, 0.05) is 62.8 Å². The first-order valence-corrected chi connectivity index (χ1v) is 14.2. The van der Waals surface area contributed by atoms with E-state index in [2.05, 4.69) is 26.6 Å². The zero-order valence-corrected chi connectivity index (χ0v) is 25.0. The molecule has 0 unspecified atom stereocenters. The molecular formula is C30H24BrCl2F3N4O2. The van der Waals surface area contributed by atoms with E-state index in [4.69, 9.17) is 33.9 Å². The highest BCUT2D eigenvalue weighted by atomic mass is 79.9. The average molecular weight is 680 g/mol. The van der Waals surface area contributed by atoms with E-state index in [1.807, 2.05) is 30.3 Å². The fourth-order valence-corrected chi connectivity index (χ4v) is 4.92. The van der Waals surface area contributed by atoms with Gasteiger partial charge in [0.1, 0.15) is 0 Å². The standard InChI is InChI=1S/C30H24BrCl2F3N4O2/c31-21-7-3-17(4-8-21)28-24(23-10-9-22(32)14-25(23)33)13-19(26(40-28)16-38-12-11-27(37)41)15-39-29(42)18-1-5-20(6-2-18)30(34,35)36/h1-10,13-14,38H,11-12,15-16H2,(H2,37,41)(H,39,42). The van der Waals surface area contributed by atoms with Crippen LogP contribution in [0.25, 0.3) is 22.4 Å². The number of carbonyl (C=O) groups is 2. The molecular weight excluding hydrogens is 656 g/mol. The van der Waals surface area contributed by atoms with Crippen molar-refractivity contribution < 1.29 is 22.8 Å². The van der Waals surface area contributed by atoms with Crippen LogP contribution < -0.4 is 16.4 Å². The van der Waals surface area contributed by atoms with E-state index < -0.39 is 23.6 Å². The summed E-state index contributed by atoms with van der Waals surface area (Å²) in [5.74, 6) is -1.01. The molecule has 4 rings (SSSR count). The Labute approximate surface area is 258 Å². The zero-order chi connectivity index (χ0) is 30.4. The van der Waals surface area contributed by atoms with Gasteiger partial charge >= 0.3 is 6.18 Å². The number of nitrogens with zero attached hydrogens (tertiary/aromatic N) is 1. The summed E-state index contributed by atoms with van der Waals surface area (Å²) >= 11 is 16.2. The normalized spacial score (nSPS) is 11.4. The van der Waals surface area contributed by atoms with Crippen LogP contribution in [0.4, 0.5) is 13.2 Å². The Morgan fingerprint density at radius 3 is 2.21 bits per heavy atom. The van der Waals surface area contributed by atoms with Crippen LogP contribution >= 0.6 is 39.1 Å². The number of carbonyl (C=O) groups excluding carboxylic acids is 2. The second-order valence-corrected chi connectivity index (χ2v) is 11.0. The Morgan fingerprint density at radius 2 is 1.60 bits per heavy atom. The van der Waals surface area contributed by atoms with Crippen LogP contribution in [0.1, 0.15) is 33.6 Å². The number of amides is 2. The predicted octanol–water partition coefficient (Wildman–Crippen LogP) is 7.40. The average Bonchev–Trinajstić information content (AvgIpc) is 2.94. The van der Waals surface area contributed by atoms with Gasteiger partial charge in [0.25, 0.3) is 5.91 Å². The number of aromatic nitrogens is 1. The summed E-state index contributed by atoms with van der Waals surface area (Å²) in [7, 11) is 0. The number of benzene rings is 3. The highest BCUT2D eigenvalue weighted by molar-refractivity contribution is 9.10. The van der Waals surface area contributed by atoms with Crippen LogP contribution in [0, 0.1) is 0 Å². The smallest absolute Gasteiger partial charge is 0.370 e. The number of hydrogen-bond donors (Lipinski definition) is 3. The number of alkyl halides is 3. The van der Waals surface area contributed by atoms with Crippen LogP contribution in [0.3, 0.4) is 0 Å². The number of nitrogens with one attached hydrogen (secondary N) is 2. The molecule has 0 fully saturated rings. The third kappa shape index (κ3) is 8.10. The van der Waals surface area contributed by atoms with Gasteiger partial charge in [-0.15, -0.1) is 0 Å². The molecule has 0 aliphatic heterocycles. The first-order chi connectivity index (χ1) is 19.9. The Morgan fingerprint density at radius 1 is 0.905 bits per heavy atom. The van der Waals surface area contributed by atoms with Gasteiger partial charge in [-0.3, -0.25) is 14.6 Å². The van der Waals surface area contributed by atoms with Crippen molar-refractivity contribution >= 4 is 50.9 Å². The molecule has 42 heavy (non-hydrogen) atoms. The van der Waals surface area contributed by atoms with Crippen molar-refractivity contribution in [3.8, 4) is 22.4 Å². The third-order valence-corrected chi connectivity index (χ3v) is 7.36. The van der Waals surface area contributed by atoms with Crippen molar-refractivity contribution in [2.24, 2.45) is 5.73 Å². The topological polar surface area (TPSA) is 97.1 Å². The lowest BCUT2D eigenvalue weighted by Gasteiger charge is -2.18. The fourth-order valence-electron chi connectivity index (χ4n) is 4.15. The van der Waals surface area contributed by atoms with Crippen molar-refractivity contribution in [1.82, 2.24) is 15.6 Å². The van der Waals surface area contributed by atoms with Crippen LogP contribution in [0.5, 0.6) is 0 Å². The second kappa shape index (κ2) is 13.7. The van der Waals surface area contributed by atoms with Gasteiger partial charge in [0.15, 0.2) is 0 Å². The molecule has 0 spiro atoms. The Bertz CT molecular complexity index is 1600. The Balaban J connectivity index is 1.74. The van der Waals surface area contributed by atoms with Crippen LogP contribution in [0.15, 0.2) is 77.3 Å². The summed E-state index contributed by atoms with van der Waals surface area (Å²) < 4.78 is 39.7. The number of hydrogen-bond acceptors (Lipinski definition) is 4. The molecule has 0 saturated heterocycles. The molecule has 0 saturated carbocycles. The summed E-state index contributed by atoms with van der Waals surface area (Å²) in [6.07, 6.45) is -4.38. The monoisotopic (exact) mass is 678 g/mol. The van der Waals surface area contributed by atoms with Crippen LogP contribution in [-0.2, 0) is 24.1 Å². The molecule has 1 aromatic heterocycles. The zero-order valence-electron chi connectivity index (χ0n) is 21.9. The number of pyridine rings is 1. The van der Waals surface area contributed by atoms with Crippen LogP contribution in [-0.4, -0.2) is 23.3 Å². The molecule has 0 atom stereocenters. The largest absolute Gasteiger partial charge is 0.416 e. The molecule has 1 heterocycles. The minimum absolute atomic E-state index is 0.0124. The van der Waals surface area contributed by atoms with E-state index in [1.165, 1.54) is 0 Å². The SMILES string of the molecule is NC(=O)CCNCc1nc(-c2ccc(Br)cc2)c(-c2ccc(Cl)cc2Cl)cc1CNC(=O)c1ccc(C(F)(F)F)cc1. The van der Waals surface area contributed by atoms with Crippen molar-refractivity contribution in [3.05, 3.63) is 110 Å². The lowest BCUT2D eigenvalue weighted by Crippen LogP contribution is -2.26. The van der Waals surface area contributed by atoms with Crippen LogP contribution in [0.2, 0.25) is 10.0 Å². The molecule has 6 nitrogen and oxygen atoms in total. The van der Waals surface area contributed by atoms with Crippen molar-refractivity contribution in [1.29, 1.82) is 0 Å². The van der Waals surface area contributed by atoms with E-state index >= 15 is 0 Å². The molecule has 3 aromatic carbocycles. The molecule has 12 heteroatoms. The number of rotatable bonds is 10. The molecule has 0 radical (unpaired) electrons. The molecule has 0 aliphatic rings. The first kappa shape index (κ1) is 31.5. The summed E-state index contributed by atoms with van der Waals surface area (Å²) in [5.41, 5.74) is 8.47. The van der Waals surface area contributed by atoms with Gasteiger partial charge < -0.3 is 16.4 Å².